The van der Waals surface area contributed by atoms with Gasteiger partial charge in [0.2, 0.25) is 10.0 Å². The van der Waals surface area contributed by atoms with Gasteiger partial charge in [-0.1, -0.05) is 12.1 Å². The highest BCUT2D eigenvalue weighted by Gasteiger charge is 2.26. The second kappa shape index (κ2) is 7.39. The van der Waals surface area contributed by atoms with Crippen LogP contribution < -0.4 is 0 Å². The number of benzene rings is 1. The Morgan fingerprint density at radius 1 is 1.04 bits per heavy atom. The first-order valence-electron chi connectivity index (χ1n) is 8.78. The molecule has 2 aromatic heterocycles. The molecule has 0 aliphatic heterocycles. The number of fused-ring (bicyclic) bond motifs is 1. The molecule has 0 saturated carbocycles. The van der Waals surface area contributed by atoms with Gasteiger partial charge in [-0.25, -0.2) is 8.42 Å². The van der Waals surface area contributed by atoms with Crippen molar-refractivity contribution in [3.63, 3.8) is 0 Å². The van der Waals surface area contributed by atoms with Crippen molar-refractivity contribution in [2.45, 2.75) is 43.7 Å². The zero-order valence-electron chi connectivity index (χ0n) is 14.4. The zero-order valence-corrected chi connectivity index (χ0v) is 16.1. The summed E-state index contributed by atoms with van der Waals surface area (Å²) in [6.45, 7) is 0.663. The van der Waals surface area contributed by atoms with Crippen molar-refractivity contribution in [3.8, 4) is 0 Å². The minimum absolute atomic E-state index is 0.299. The number of thiophene rings is 1. The number of furan rings is 1. The van der Waals surface area contributed by atoms with E-state index in [1.165, 1.54) is 21.9 Å². The second-order valence-corrected chi connectivity index (χ2v) is 9.59. The van der Waals surface area contributed by atoms with Gasteiger partial charge in [-0.05, 0) is 66.5 Å². The van der Waals surface area contributed by atoms with E-state index < -0.39 is 10.0 Å². The van der Waals surface area contributed by atoms with Crippen molar-refractivity contribution >= 4 is 21.4 Å². The molecule has 0 saturated heterocycles. The van der Waals surface area contributed by atoms with Gasteiger partial charge in [-0.2, -0.15) is 4.31 Å². The zero-order chi connectivity index (χ0) is 18.0. The Hall–Kier alpha value is -1.89. The van der Waals surface area contributed by atoms with Gasteiger partial charge in [0.1, 0.15) is 0 Å². The molecule has 0 amide bonds. The molecule has 3 aromatic rings. The molecule has 136 valence electrons. The molecule has 6 heteroatoms. The Morgan fingerprint density at radius 3 is 2.62 bits per heavy atom. The number of hydrogen-bond acceptors (Lipinski definition) is 4. The molecule has 1 aliphatic rings. The first kappa shape index (κ1) is 17.5. The van der Waals surface area contributed by atoms with Crippen molar-refractivity contribution in [2.75, 3.05) is 0 Å². The maximum Gasteiger partial charge on any atom is 0.243 e. The maximum absolute atomic E-state index is 13.4. The monoisotopic (exact) mass is 387 g/mol. The molecule has 4 rings (SSSR count). The summed E-state index contributed by atoms with van der Waals surface area (Å²) in [5.74, 6) is 0. The lowest BCUT2D eigenvalue weighted by atomic mass is 9.92. The van der Waals surface area contributed by atoms with Crippen LogP contribution in [-0.4, -0.2) is 12.7 Å². The number of hydrogen-bond donors (Lipinski definition) is 0. The molecule has 26 heavy (non-hydrogen) atoms. The third-order valence-electron chi connectivity index (χ3n) is 4.81. The third-order valence-corrected chi connectivity index (χ3v) is 7.46. The van der Waals surface area contributed by atoms with Gasteiger partial charge in [0.25, 0.3) is 0 Å². The highest BCUT2D eigenvalue weighted by Crippen LogP contribution is 2.28. The van der Waals surface area contributed by atoms with Gasteiger partial charge in [-0.15, -0.1) is 11.3 Å². The van der Waals surface area contributed by atoms with Crippen molar-refractivity contribution in [1.29, 1.82) is 0 Å². The van der Waals surface area contributed by atoms with E-state index in [2.05, 4.69) is 0 Å². The molecule has 2 heterocycles. The summed E-state index contributed by atoms with van der Waals surface area (Å²) in [6.07, 6.45) is 7.50. The van der Waals surface area contributed by atoms with E-state index in [4.69, 9.17) is 4.42 Å². The molecule has 0 fully saturated rings. The van der Waals surface area contributed by atoms with Gasteiger partial charge in [0.05, 0.1) is 17.4 Å². The minimum atomic E-state index is -3.59. The van der Waals surface area contributed by atoms with Gasteiger partial charge in [0.15, 0.2) is 0 Å². The average molecular weight is 388 g/mol. The van der Waals surface area contributed by atoms with E-state index in [-0.39, 0.29) is 0 Å². The summed E-state index contributed by atoms with van der Waals surface area (Å²) in [5, 5.41) is 1.97. The van der Waals surface area contributed by atoms with E-state index in [1.807, 2.05) is 35.7 Å². The SMILES string of the molecule is O=S(=O)(c1ccc2c(c1)CCCC2)N(Cc1ccoc1)Cc1cccs1. The van der Waals surface area contributed by atoms with Crippen molar-refractivity contribution < 1.29 is 12.8 Å². The summed E-state index contributed by atoms with van der Waals surface area (Å²) < 4.78 is 33.4. The van der Waals surface area contributed by atoms with Gasteiger partial charge in [0, 0.05) is 23.5 Å². The fourth-order valence-electron chi connectivity index (χ4n) is 3.41. The van der Waals surface area contributed by atoms with Crippen LogP contribution in [0.4, 0.5) is 0 Å². The molecule has 1 aliphatic carbocycles. The van der Waals surface area contributed by atoms with Gasteiger partial charge in [-0.3, -0.25) is 0 Å². The summed E-state index contributed by atoms with van der Waals surface area (Å²) >= 11 is 1.57. The van der Waals surface area contributed by atoms with Crippen molar-refractivity contribution in [1.82, 2.24) is 4.31 Å². The number of nitrogens with zero attached hydrogens (tertiary/aromatic N) is 1. The first-order valence-corrected chi connectivity index (χ1v) is 11.1. The lowest BCUT2D eigenvalue weighted by Crippen LogP contribution is -2.30. The van der Waals surface area contributed by atoms with Crippen LogP contribution in [0.2, 0.25) is 0 Å². The van der Waals surface area contributed by atoms with Crippen LogP contribution >= 0.6 is 11.3 Å². The second-order valence-electron chi connectivity index (χ2n) is 6.62. The highest BCUT2D eigenvalue weighted by molar-refractivity contribution is 7.89. The van der Waals surface area contributed by atoms with E-state index >= 15 is 0 Å². The summed E-state index contributed by atoms with van der Waals surface area (Å²) in [4.78, 5) is 1.41. The largest absolute Gasteiger partial charge is 0.472 e. The van der Waals surface area contributed by atoms with Crippen LogP contribution in [-0.2, 0) is 36.0 Å². The Labute approximate surface area is 158 Å². The smallest absolute Gasteiger partial charge is 0.243 e. The van der Waals surface area contributed by atoms with Crippen LogP contribution in [0.3, 0.4) is 0 Å². The Morgan fingerprint density at radius 2 is 1.88 bits per heavy atom. The van der Waals surface area contributed by atoms with Gasteiger partial charge >= 0.3 is 0 Å². The van der Waals surface area contributed by atoms with Crippen LogP contribution in [0.25, 0.3) is 0 Å². The fraction of sp³-hybridized carbons (Fsp3) is 0.300. The van der Waals surface area contributed by atoms with E-state index in [9.17, 15) is 8.42 Å². The number of sulfonamides is 1. The molecular weight excluding hydrogens is 366 g/mol. The molecule has 1 aromatic carbocycles. The Balaban J connectivity index is 1.68. The Bertz CT molecular complexity index is 924. The minimum Gasteiger partial charge on any atom is -0.472 e. The predicted molar refractivity (Wildman–Crippen MR) is 103 cm³/mol. The molecule has 0 unspecified atom stereocenters. The molecule has 4 nitrogen and oxygen atoms in total. The van der Waals surface area contributed by atoms with Crippen molar-refractivity contribution in [3.05, 3.63) is 75.9 Å². The molecule has 0 bridgehead atoms. The van der Waals surface area contributed by atoms with Crippen LogP contribution in [0.15, 0.2) is 63.6 Å². The summed E-state index contributed by atoms with van der Waals surface area (Å²) in [7, 11) is -3.59. The Kier molecular flexibility index (Phi) is 4.98. The molecule has 0 N–H and O–H groups in total. The molecular formula is C20H21NO3S2. The van der Waals surface area contributed by atoms with E-state index in [1.54, 1.807) is 29.9 Å². The topological polar surface area (TPSA) is 50.5 Å². The predicted octanol–water partition coefficient (Wildman–Crippen LogP) is 4.61. The van der Waals surface area contributed by atoms with Gasteiger partial charge < -0.3 is 4.42 Å². The quantitative estimate of drug-likeness (QED) is 0.620. The fourth-order valence-corrected chi connectivity index (χ4v) is 5.67. The molecule has 0 radical (unpaired) electrons. The van der Waals surface area contributed by atoms with Crippen LogP contribution in [0.1, 0.15) is 34.4 Å². The summed E-state index contributed by atoms with van der Waals surface area (Å²) in [6, 6.07) is 11.3. The lowest BCUT2D eigenvalue weighted by Gasteiger charge is -2.23. The third kappa shape index (κ3) is 3.63. The lowest BCUT2D eigenvalue weighted by molar-refractivity contribution is 0.402. The number of rotatable bonds is 6. The van der Waals surface area contributed by atoms with Crippen LogP contribution in [0, 0.1) is 0 Å². The maximum atomic E-state index is 13.4. The normalized spacial score (nSPS) is 14.5. The van der Waals surface area contributed by atoms with Crippen LogP contribution in [0.5, 0.6) is 0 Å². The standard InChI is InChI=1S/C20H21NO3S2/c22-26(23,20-8-7-17-4-1-2-5-18(17)12-20)21(13-16-9-10-24-15-16)14-19-6-3-11-25-19/h3,6-12,15H,1-2,4-5,13-14H2. The summed E-state index contributed by atoms with van der Waals surface area (Å²) in [5.41, 5.74) is 3.31. The molecule has 0 spiro atoms. The first-order chi connectivity index (χ1) is 12.6. The highest BCUT2D eigenvalue weighted by atomic mass is 32.2. The number of aryl methyl sites for hydroxylation is 2. The van der Waals surface area contributed by atoms with Crippen molar-refractivity contribution in [2.24, 2.45) is 0 Å². The average Bonchev–Trinajstić information content (AvgIpc) is 3.35. The van der Waals surface area contributed by atoms with E-state index in [0.717, 1.165) is 29.7 Å². The van der Waals surface area contributed by atoms with E-state index in [0.29, 0.717) is 18.0 Å². The molecule has 0 atom stereocenters.